The first-order chi connectivity index (χ1) is 6.72. The molecule has 0 saturated heterocycles. The van der Waals surface area contributed by atoms with E-state index >= 15 is 0 Å². The van der Waals surface area contributed by atoms with Gasteiger partial charge in [-0.3, -0.25) is 4.68 Å². The van der Waals surface area contributed by atoms with Gasteiger partial charge in [-0.05, 0) is 18.4 Å². The highest BCUT2D eigenvalue weighted by Crippen LogP contribution is 2.23. The molecule has 0 unspecified atom stereocenters. The maximum Gasteiger partial charge on any atom is 0.0957 e. The molecular formula is C12H16N2. The van der Waals surface area contributed by atoms with Gasteiger partial charge in [0.2, 0.25) is 0 Å². The lowest BCUT2D eigenvalue weighted by molar-refractivity contribution is 0.666. The molecule has 0 N–H and O–H groups in total. The lowest BCUT2D eigenvalue weighted by Crippen LogP contribution is -1.94. The summed E-state index contributed by atoms with van der Waals surface area (Å²) in [6.07, 6.45) is 2.11. The molecule has 14 heavy (non-hydrogen) atoms. The monoisotopic (exact) mass is 188 g/mol. The summed E-state index contributed by atoms with van der Waals surface area (Å²) < 4.78 is 2.00. The molecule has 0 bridgehead atoms. The molecule has 0 fully saturated rings. The summed E-state index contributed by atoms with van der Waals surface area (Å²) in [6, 6.07) is 6.40. The van der Waals surface area contributed by atoms with Gasteiger partial charge in [-0.1, -0.05) is 32.0 Å². The largest absolute Gasteiger partial charge is 0.272 e. The van der Waals surface area contributed by atoms with E-state index in [4.69, 9.17) is 0 Å². The number of benzene rings is 1. The summed E-state index contributed by atoms with van der Waals surface area (Å²) in [7, 11) is 0. The third-order valence-electron chi connectivity index (χ3n) is 2.56. The Kier molecular flexibility index (Phi) is 2.28. The van der Waals surface area contributed by atoms with E-state index in [1.54, 1.807) is 0 Å². The van der Waals surface area contributed by atoms with Gasteiger partial charge < -0.3 is 0 Å². The van der Waals surface area contributed by atoms with Gasteiger partial charge >= 0.3 is 0 Å². The molecule has 0 aliphatic heterocycles. The van der Waals surface area contributed by atoms with E-state index in [-0.39, 0.29) is 0 Å². The van der Waals surface area contributed by atoms with Crippen molar-refractivity contribution in [2.45, 2.75) is 33.2 Å². The van der Waals surface area contributed by atoms with Crippen LogP contribution >= 0.6 is 0 Å². The molecule has 0 aliphatic carbocycles. The van der Waals surface area contributed by atoms with Crippen LogP contribution < -0.4 is 0 Å². The first-order valence-corrected chi connectivity index (χ1v) is 5.18. The number of rotatable bonds is 2. The van der Waals surface area contributed by atoms with E-state index < -0.39 is 0 Å². The minimum atomic E-state index is 0.541. The third-order valence-corrected chi connectivity index (χ3v) is 2.56. The predicted octanol–water partition coefficient (Wildman–Crippen LogP) is 3.18. The molecule has 1 heterocycles. The quantitative estimate of drug-likeness (QED) is 0.707. The van der Waals surface area contributed by atoms with E-state index in [0.717, 1.165) is 12.1 Å². The molecular weight excluding hydrogens is 172 g/mol. The zero-order valence-corrected chi connectivity index (χ0v) is 8.99. The Bertz CT molecular complexity index is 441. The van der Waals surface area contributed by atoms with Crippen LogP contribution in [0.1, 0.15) is 32.3 Å². The number of hydrogen-bond acceptors (Lipinski definition) is 1. The van der Waals surface area contributed by atoms with E-state index in [1.165, 1.54) is 10.9 Å². The van der Waals surface area contributed by atoms with E-state index in [9.17, 15) is 0 Å². The topological polar surface area (TPSA) is 17.8 Å². The van der Waals surface area contributed by atoms with Crippen molar-refractivity contribution < 1.29 is 0 Å². The molecule has 0 aliphatic rings. The van der Waals surface area contributed by atoms with Crippen molar-refractivity contribution >= 4 is 10.9 Å². The molecule has 1 aromatic heterocycles. The Morgan fingerprint density at radius 1 is 1.36 bits per heavy atom. The van der Waals surface area contributed by atoms with Gasteiger partial charge in [0.25, 0.3) is 0 Å². The van der Waals surface area contributed by atoms with Crippen molar-refractivity contribution in [3.8, 4) is 0 Å². The highest BCUT2D eigenvalue weighted by molar-refractivity contribution is 5.81. The Balaban J connectivity index is 2.66. The molecule has 2 heteroatoms. The first kappa shape index (κ1) is 9.25. The van der Waals surface area contributed by atoms with Crippen LogP contribution in [0.4, 0.5) is 0 Å². The smallest absolute Gasteiger partial charge is 0.0957 e. The summed E-state index contributed by atoms with van der Waals surface area (Å²) in [6.45, 7) is 7.46. The van der Waals surface area contributed by atoms with Crippen LogP contribution in [0.3, 0.4) is 0 Å². The second-order valence-electron chi connectivity index (χ2n) is 3.92. The minimum Gasteiger partial charge on any atom is -0.272 e. The predicted molar refractivity (Wildman–Crippen MR) is 59.5 cm³/mol. The molecule has 0 atom stereocenters. The van der Waals surface area contributed by atoms with Crippen molar-refractivity contribution in [2.24, 2.45) is 0 Å². The Labute approximate surface area is 84.5 Å². The molecule has 0 saturated carbocycles. The van der Waals surface area contributed by atoms with Crippen LogP contribution in [0.2, 0.25) is 0 Å². The molecule has 2 aromatic rings. The summed E-state index contributed by atoms with van der Waals surface area (Å²) in [5.74, 6) is 0.541. The standard InChI is InChI=1S/C12H16N2/c1-4-14-8-10-6-5-7-11(9(2)3)12(10)13-14/h5-9H,4H2,1-3H3. The Hall–Kier alpha value is -1.31. The van der Waals surface area contributed by atoms with E-state index in [0.29, 0.717) is 5.92 Å². The number of nitrogens with zero attached hydrogens (tertiary/aromatic N) is 2. The van der Waals surface area contributed by atoms with Crippen LogP contribution in [-0.2, 0) is 6.54 Å². The van der Waals surface area contributed by atoms with Gasteiger partial charge in [-0.2, -0.15) is 5.10 Å². The Morgan fingerprint density at radius 2 is 2.14 bits per heavy atom. The summed E-state index contributed by atoms with van der Waals surface area (Å²) in [5.41, 5.74) is 2.50. The number of fused-ring (bicyclic) bond motifs is 1. The second kappa shape index (κ2) is 3.45. The van der Waals surface area contributed by atoms with Crippen molar-refractivity contribution in [2.75, 3.05) is 0 Å². The summed E-state index contributed by atoms with van der Waals surface area (Å²) in [5, 5.41) is 5.82. The zero-order valence-electron chi connectivity index (χ0n) is 8.99. The fraction of sp³-hybridized carbons (Fsp3) is 0.417. The van der Waals surface area contributed by atoms with Gasteiger partial charge in [0.1, 0.15) is 0 Å². The third kappa shape index (κ3) is 1.41. The van der Waals surface area contributed by atoms with Gasteiger partial charge in [0.15, 0.2) is 0 Å². The van der Waals surface area contributed by atoms with Gasteiger partial charge in [0, 0.05) is 18.1 Å². The normalized spacial score (nSPS) is 11.4. The number of aromatic nitrogens is 2. The molecule has 74 valence electrons. The lowest BCUT2D eigenvalue weighted by atomic mass is 10.0. The average molecular weight is 188 g/mol. The van der Waals surface area contributed by atoms with Crippen molar-refractivity contribution in [3.63, 3.8) is 0 Å². The van der Waals surface area contributed by atoms with Crippen LogP contribution in [0.15, 0.2) is 24.4 Å². The highest BCUT2D eigenvalue weighted by atomic mass is 15.3. The van der Waals surface area contributed by atoms with E-state index in [2.05, 4.69) is 50.3 Å². The molecule has 0 spiro atoms. The Morgan fingerprint density at radius 3 is 2.79 bits per heavy atom. The lowest BCUT2D eigenvalue weighted by Gasteiger charge is -2.04. The van der Waals surface area contributed by atoms with Crippen LogP contribution in [0, 0.1) is 0 Å². The SMILES string of the molecule is CCn1cc2cccc(C(C)C)c2n1. The van der Waals surface area contributed by atoms with Gasteiger partial charge in [0.05, 0.1) is 5.52 Å². The maximum absolute atomic E-state index is 4.57. The van der Waals surface area contributed by atoms with Crippen LogP contribution in [0.5, 0.6) is 0 Å². The number of aryl methyl sites for hydroxylation is 1. The van der Waals surface area contributed by atoms with Crippen molar-refractivity contribution in [3.05, 3.63) is 30.0 Å². The molecule has 1 aromatic carbocycles. The van der Waals surface area contributed by atoms with Gasteiger partial charge in [-0.15, -0.1) is 0 Å². The molecule has 2 nitrogen and oxygen atoms in total. The molecule has 0 radical (unpaired) electrons. The average Bonchev–Trinajstić information content (AvgIpc) is 2.59. The van der Waals surface area contributed by atoms with Gasteiger partial charge in [-0.25, -0.2) is 0 Å². The highest BCUT2D eigenvalue weighted by Gasteiger charge is 2.07. The maximum atomic E-state index is 4.57. The fourth-order valence-corrected chi connectivity index (χ4v) is 1.75. The molecule has 0 amide bonds. The summed E-state index contributed by atoms with van der Waals surface area (Å²) in [4.78, 5) is 0. The molecule has 2 rings (SSSR count). The second-order valence-corrected chi connectivity index (χ2v) is 3.92. The number of hydrogen-bond donors (Lipinski definition) is 0. The van der Waals surface area contributed by atoms with Crippen molar-refractivity contribution in [1.82, 2.24) is 9.78 Å². The summed E-state index contributed by atoms with van der Waals surface area (Å²) >= 11 is 0. The van der Waals surface area contributed by atoms with Crippen LogP contribution in [-0.4, -0.2) is 9.78 Å². The first-order valence-electron chi connectivity index (χ1n) is 5.18. The van der Waals surface area contributed by atoms with Crippen molar-refractivity contribution in [1.29, 1.82) is 0 Å². The fourth-order valence-electron chi connectivity index (χ4n) is 1.75. The van der Waals surface area contributed by atoms with Crippen LogP contribution in [0.25, 0.3) is 10.9 Å². The van der Waals surface area contributed by atoms with E-state index in [1.807, 2.05) is 4.68 Å². The minimum absolute atomic E-state index is 0.541. The zero-order chi connectivity index (χ0) is 10.1.